The van der Waals surface area contributed by atoms with Crippen molar-refractivity contribution < 1.29 is 19.2 Å². The Hall–Kier alpha value is -3.13. The van der Waals surface area contributed by atoms with E-state index in [2.05, 4.69) is 10.6 Å². The van der Waals surface area contributed by atoms with Crippen molar-refractivity contribution >= 4 is 29.1 Å². The Morgan fingerprint density at radius 2 is 1.93 bits per heavy atom. The Balaban J connectivity index is 2.08. The summed E-state index contributed by atoms with van der Waals surface area (Å²) < 4.78 is 5.16. The second kappa shape index (κ2) is 9.88. The van der Waals surface area contributed by atoms with Gasteiger partial charge in [-0.1, -0.05) is 37.6 Å². The number of amides is 2. The van der Waals surface area contributed by atoms with Crippen LogP contribution in [0.2, 0.25) is 5.02 Å². The van der Waals surface area contributed by atoms with Crippen LogP contribution in [0.4, 0.5) is 5.69 Å². The number of nitro benzene ring substituents is 1. The van der Waals surface area contributed by atoms with Crippen molar-refractivity contribution in [2.24, 2.45) is 5.92 Å². The summed E-state index contributed by atoms with van der Waals surface area (Å²) in [5, 5.41) is 16.4. The highest BCUT2D eigenvalue weighted by Gasteiger charge is 2.25. The quantitative estimate of drug-likeness (QED) is 0.503. The van der Waals surface area contributed by atoms with E-state index < -0.39 is 16.9 Å². The average molecular weight is 420 g/mol. The molecule has 0 bridgehead atoms. The van der Waals surface area contributed by atoms with Gasteiger partial charge in [-0.3, -0.25) is 19.7 Å². The van der Waals surface area contributed by atoms with Crippen LogP contribution < -0.4 is 15.4 Å². The van der Waals surface area contributed by atoms with Crippen molar-refractivity contribution in [1.82, 2.24) is 10.6 Å². The lowest BCUT2D eigenvalue weighted by Crippen LogP contribution is -2.49. The lowest BCUT2D eigenvalue weighted by Gasteiger charge is -2.22. The molecule has 0 heterocycles. The maximum absolute atomic E-state index is 12.6. The smallest absolute Gasteiger partial charge is 0.288 e. The van der Waals surface area contributed by atoms with E-state index in [0.717, 1.165) is 11.6 Å². The summed E-state index contributed by atoms with van der Waals surface area (Å²) in [7, 11) is 1.56. The summed E-state index contributed by atoms with van der Waals surface area (Å²) in [4.78, 5) is 35.5. The third kappa shape index (κ3) is 5.92. The number of hydrogen-bond donors (Lipinski definition) is 2. The van der Waals surface area contributed by atoms with Gasteiger partial charge in [0, 0.05) is 18.2 Å². The van der Waals surface area contributed by atoms with Crippen LogP contribution in [0.5, 0.6) is 5.75 Å². The van der Waals surface area contributed by atoms with Gasteiger partial charge < -0.3 is 15.4 Å². The molecule has 0 saturated carbocycles. The minimum atomic E-state index is -0.817. The van der Waals surface area contributed by atoms with E-state index >= 15 is 0 Å². The molecule has 1 atom stereocenters. The number of nitrogens with one attached hydrogen (secondary N) is 2. The molecule has 2 rings (SSSR count). The number of carbonyl (C=O) groups excluding carboxylic acids is 2. The number of ether oxygens (including phenoxy) is 1. The van der Waals surface area contributed by atoms with Gasteiger partial charge in [0.05, 0.1) is 12.0 Å². The van der Waals surface area contributed by atoms with E-state index in [1.165, 1.54) is 12.1 Å². The molecule has 0 radical (unpaired) electrons. The molecule has 2 aromatic rings. The molecule has 0 spiro atoms. The summed E-state index contributed by atoms with van der Waals surface area (Å²) in [6, 6.07) is 10.2. The fourth-order valence-electron chi connectivity index (χ4n) is 2.63. The molecule has 0 aromatic heterocycles. The first kappa shape index (κ1) is 22.2. The molecule has 2 aromatic carbocycles. The average Bonchev–Trinajstić information content (AvgIpc) is 2.70. The summed E-state index contributed by atoms with van der Waals surface area (Å²) in [6.45, 7) is 3.85. The molecule has 2 amide bonds. The Morgan fingerprint density at radius 1 is 1.21 bits per heavy atom. The van der Waals surface area contributed by atoms with Gasteiger partial charge in [0.15, 0.2) is 0 Å². The van der Waals surface area contributed by atoms with Crippen LogP contribution in [0.3, 0.4) is 0 Å². The van der Waals surface area contributed by atoms with Crippen molar-refractivity contribution in [1.29, 1.82) is 0 Å². The van der Waals surface area contributed by atoms with Gasteiger partial charge in [-0.05, 0) is 35.7 Å². The maximum Gasteiger partial charge on any atom is 0.288 e. The number of hydrogen-bond acceptors (Lipinski definition) is 5. The minimum Gasteiger partial charge on any atom is -0.497 e. The first-order chi connectivity index (χ1) is 13.7. The largest absolute Gasteiger partial charge is 0.497 e. The van der Waals surface area contributed by atoms with Crippen LogP contribution >= 0.6 is 11.6 Å². The molecule has 9 heteroatoms. The van der Waals surface area contributed by atoms with E-state index in [1.54, 1.807) is 33.1 Å². The van der Waals surface area contributed by atoms with Gasteiger partial charge in [-0.2, -0.15) is 0 Å². The van der Waals surface area contributed by atoms with Crippen molar-refractivity contribution in [3.63, 3.8) is 0 Å². The Kier molecular flexibility index (Phi) is 7.55. The molecule has 0 aliphatic heterocycles. The molecule has 2 N–H and O–H groups in total. The van der Waals surface area contributed by atoms with Crippen molar-refractivity contribution in [2.75, 3.05) is 7.11 Å². The monoisotopic (exact) mass is 419 g/mol. The molecule has 0 unspecified atom stereocenters. The minimum absolute atomic E-state index is 0.0485. The maximum atomic E-state index is 12.6. The molecule has 0 saturated heterocycles. The van der Waals surface area contributed by atoms with E-state index in [1.807, 2.05) is 12.1 Å². The molecule has 8 nitrogen and oxygen atoms in total. The van der Waals surface area contributed by atoms with Gasteiger partial charge in [0.2, 0.25) is 5.91 Å². The fourth-order valence-corrected chi connectivity index (χ4v) is 2.82. The Labute approximate surface area is 173 Å². The Morgan fingerprint density at radius 3 is 2.55 bits per heavy atom. The predicted molar refractivity (Wildman–Crippen MR) is 109 cm³/mol. The van der Waals surface area contributed by atoms with Crippen molar-refractivity contribution in [3.05, 3.63) is 68.7 Å². The number of halogens is 1. The van der Waals surface area contributed by atoms with E-state index in [-0.39, 0.29) is 34.6 Å². The van der Waals surface area contributed by atoms with Crippen LogP contribution in [0, 0.1) is 16.0 Å². The summed E-state index contributed by atoms with van der Waals surface area (Å²) in [6.07, 6.45) is 0. The third-order valence-corrected chi connectivity index (χ3v) is 4.56. The second-order valence-electron chi connectivity index (χ2n) is 6.69. The standard InChI is InChI=1S/C20H22ClN3O5/c1-12(2)18(20(26)22-11-13-5-4-6-15(9-13)29-3)23-19(25)14-7-8-16(21)17(10-14)24(27)28/h4-10,12,18H,11H2,1-3H3,(H,22,26)(H,23,25)/t18-/m0/s1. The number of rotatable bonds is 8. The van der Waals surface area contributed by atoms with Gasteiger partial charge in [-0.15, -0.1) is 0 Å². The van der Waals surface area contributed by atoms with Crippen molar-refractivity contribution in [2.45, 2.75) is 26.4 Å². The van der Waals surface area contributed by atoms with Crippen LogP contribution in [0.1, 0.15) is 29.8 Å². The van der Waals surface area contributed by atoms with Gasteiger partial charge in [0.25, 0.3) is 11.6 Å². The lowest BCUT2D eigenvalue weighted by atomic mass is 10.0. The zero-order valence-electron chi connectivity index (χ0n) is 16.3. The third-order valence-electron chi connectivity index (χ3n) is 4.24. The normalized spacial score (nSPS) is 11.6. The predicted octanol–water partition coefficient (Wildman–Crippen LogP) is 3.33. The zero-order chi connectivity index (χ0) is 21.6. The van der Waals surface area contributed by atoms with Crippen LogP contribution in [-0.4, -0.2) is 29.9 Å². The SMILES string of the molecule is COc1cccc(CNC(=O)[C@@H](NC(=O)c2ccc(Cl)c([N+](=O)[O-])c2)C(C)C)c1. The van der Waals surface area contributed by atoms with Gasteiger partial charge in [-0.25, -0.2) is 0 Å². The van der Waals surface area contributed by atoms with Crippen molar-refractivity contribution in [3.8, 4) is 5.75 Å². The van der Waals surface area contributed by atoms with Crippen LogP contribution in [0.25, 0.3) is 0 Å². The van der Waals surface area contributed by atoms with E-state index in [9.17, 15) is 19.7 Å². The highest BCUT2D eigenvalue weighted by molar-refractivity contribution is 6.32. The molecular weight excluding hydrogens is 398 g/mol. The molecular formula is C20H22ClN3O5. The number of nitrogens with zero attached hydrogens (tertiary/aromatic N) is 1. The first-order valence-electron chi connectivity index (χ1n) is 8.88. The first-order valence-corrected chi connectivity index (χ1v) is 9.26. The topological polar surface area (TPSA) is 111 Å². The summed E-state index contributed by atoms with van der Waals surface area (Å²) >= 11 is 5.78. The number of carbonyl (C=O) groups is 2. The highest BCUT2D eigenvalue weighted by Crippen LogP contribution is 2.25. The molecule has 0 fully saturated rings. The van der Waals surface area contributed by atoms with Gasteiger partial charge in [0.1, 0.15) is 16.8 Å². The van der Waals surface area contributed by atoms with Crippen LogP contribution in [0.15, 0.2) is 42.5 Å². The lowest BCUT2D eigenvalue weighted by molar-refractivity contribution is -0.384. The number of benzene rings is 2. The molecule has 0 aliphatic rings. The fraction of sp³-hybridized carbons (Fsp3) is 0.300. The zero-order valence-corrected chi connectivity index (χ0v) is 17.0. The second-order valence-corrected chi connectivity index (χ2v) is 7.09. The van der Waals surface area contributed by atoms with E-state index in [0.29, 0.717) is 5.75 Å². The molecule has 0 aliphatic carbocycles. The number of nitro groups is 1. The van der Waals surface area contributed by atoms with Gasteiger partial charge >= 0.3 is 0 Å². The molecule has 29 heavy (non-hydrogen) atoms. The number of methoxy groups -OCH3 is 1. The van der Waals surface area contributed by atoms with E-state index in [4.69, 9.17) is 16.3 Å². The molecule has 154 valence electrons. The Bertz CT molecular complexity index is 917. The summed E-state index contributed by atoms with van der Waals surface area (Å²) in [5.41, 5.74) is 0.523. The van der Waals surface area contributed by atoms with Crippen LogP contribution in [-0.2, 0) is 11.3 Å². The summed E-state index contributed by atoms with van der Waals surface area (Å²) in [5.74, 6) is -0.485. The highest BCUT2D eigenvalue weighted by atomic mass is 35.5.